The predicted octanol–water partition coefficient (Wildman–Crippen LogP) is 5.34. The molecule has 2 heterocycles. The van der Waals surface area contributed by atoms with Gasteiger partial charge in [0.15, 0.2) is 24.4 Å². The summed E-state index contributed by atoms with van der Waals surface area (Å²) >= 11 is 0. The van der Waals surface area contributed by atoms with E-state index in [1.165, 1.54) is 0 Å². The third kappa shape index (κ3) is 4.96. The molecule has 6 nitrogen and oxygen atoms in total. The van der Waals surface area contributed by atoms with Crippen LogP contribution in [0.5, 0.6) is 0 Å². The van der Waals surface area contributed by atoms with E-state index >= 15 is 0 Å². The Morgan fingerprint density at radius 2 is 0.816 bits per heavy atom. The van der Waals surface area contributed by atoms with Crippen LogP contribution < -0.4 is 0 Å². The molecule has 38 heavy (non-hydrogen) atoms. The van der Waals surface area contributed by atoms with Gasteiger partial charge >= 0.3 is 11.9 Å². The molecule has 6 heteroatoms. The van der Waals surface area contributed by atoms with Gasteiger partial charge in [-0.3, -0.25) is 0 Å². The van der Waals surface area contributed by atoms with Crippen LogP contribution in [0.25, 0.3) is 22.3 Å². The number of ether oxygens (including phenoxy) is 4. The summed E-state index contributed by atoms with van der Waals surface area (Å²) in [4.78, 5) is 25.1. The average molecular weight is 507 g/mol. The van der Waals surface area contributed by atoms with Crippen LogP contribution in [0, 0.1) is 0 Å². The molecule has 0 aromatic heterocycles. The highest BCUT2D eigenvalue weighted by Crippen LogP contribution is 2.33. The van der Waals surface area contributed by atoms with Crippen molar-refractivity contribution in [2.75, 3.05) is 0 Å². The van der Waals surface area contributed by atoms with Gasteiger partial charge in [0.2, 0.25) is 0 Å². The first kappa shape index (κ1) is 24.1. The lowest BCUT2D eigenvalue weighted by molar-refractivity contribution is -0.165. The van der Waals surface area contributed by atoms with Crippen molar-refractivity contribution in [1.29, 1.82) is 0 Å². The molecule has 0 N–H and O–H groups in total. The van der Waals surface area contributed by atoms with Crippen molar-refractivity contribution in [3.63, 3.8) is 0 Å². The standard InChI is InChI=1S/C32H26O6/c33-31-29(35-19-21-11-15-25(16-12-21)23-7-3-1-4-8-23)27-28(38-31)30(32(34)37-27)36-20-22-13-17-26(18-14-22)24-9-5-2-6-10-24/h1-18,27-30H,19-20H2/t27-,28-,29-,30-/m1/s1. The van der Waals surface area contributed by atoms with E-state index in [9.17, 15) is 9.59 Å². The smallest absolute Gasteiger partial charge is 0.339 e. The first-order valence-electron chi connectivity index (χ1n) is 12.6. The van der Waals surface area contributed by atoms with Crippen molar-refractivity contribution < 1.29 is 28.5 Å². The van der Waals surface area contributed by atoms with Crippen molar-refractivity contribution >= 4 is 11.9 Å². The van der Waals surface area contributed by atoms with Crippen LogP contribution in [-0.2, 0) is 41.8 Å². The van der Waals surface area contributed by atoms with Gasteiger partial charge < -0.3 is 18.9 Å². The van der Waals surface area contributed by atoms with E-state index in [1.54, 1.807) is 0 Å². The molecule has 0 radical (unpaired) electrons. The molecule has 6 rings (SSSR count). The minimum absolute atomic E-state index is 0.189. The molecule has 2 saturated heterocycles. The summed E-state index contributed by atoms with van der Waals surface area (Å²) in [5.74, 6) is -1.09. The lowest BCUT2D eigenvalue weighted by atomic mass is 10.0. The number of hydrogen-bond acceptors (Lipinski definition) is 6. The number of benzene rings is 4. The van der Waals surface area contributed by atoms with Gasteiger partial charge in [-0.15, -0.1) is 0 Å². The van der Waals surface area contributed by atoms with Crippen molar-refractivity contribution in [1.82, 2.24) is 0 Å². The topological polar surface area (TPSA) is 71.1 Å². The highest BCUT2D eigenvalue weighted by molar-refractivity contribution is 5.85. The van der Waals surface area contributed by atoms with Crippen LogP contribution in [0.2, 0.25) is 0 Å². The molecule has 4 aromatic carbocycles. The number of esters is 2. The molecule has 4 atom stereocenters. The normalized spacial score (nSPS) is 22.1. The largest absolute Gasteiger partial charge is 0.453 e. The van der Waals surface area contributed by atoms with Crippen LogP contribution >= 0.6 is 0 Å². The molecule has 0 saturated carbocycles. The van der Waals surface area contributed by atoms with Crippen molar-refractivity contribution in [2.45, 2.75) is 37.6 Å². The highest BCUT2D eigenvalue weighted by Gasteiger charge is 2.59. The Kier molecular flexibility index (Phi) is 6.73. The Balaban J connectivity index is 1.05. The monoisotopic (exact) mass is 506 g/mol. The van der Waals surface area contributed by atoms with Gasteiger partial charge in [-0.05, 0) is 33.4 Å². The van der Waals surface area contributed by atoms with Gasteiger partial charge in [0, 0.05) is 0 Å². The summed E-state index contributed by atoms with van der Waals surface area (Å²) in [6, 6.07) is 36.0. The maximum Gasteiger partial charge on any atom is 0.339 e. The molecule has 0 spiro atoms. The Hall–Kier alpha value is -4.26. The minimum Gasteiger partial charge on any atom is -0.453 e. The zero-order chi connectivity index (χ0) is 25.9. The van der Waals surface area contributed by atoms with Gasteiger partial charge in [0.1, 0.15) is 0 Å². The average Bonchev–Trinajstić information content (AvgIpc) is 3.44. The summed E-state index contributed by atoms with van der Waals surface area (Å²) in [6.45, 7) is 0.379. The first-order chi connectivity index (χ1) is 18.7. The summed E-state index contributed by atoms with van der Waals surface area (Å²) < 4.78 is 22.7. The number of carbonyl (C=O) groups is 2. The Morgan fingerprint density at radius 1 is 0.474 bits per heavy atom. The molecule has 2 fully saturated rings. The van der Waals surface area contributed by atoms with Gasteiger partial charge in [-0.1, -0.05) is 109 Å². The third-order valence-electron chi connectivity index (χ3n) is 6.87. The summed E-state index contributed by atoms with van der Waals surface area (Å²) in [5, 5.41) is 0. The fourth-order valence-corrected chi connectivity index (χ4v) is 4.82. The van der Waals surface area contributed by atoms with Crippen LogP contribution in [0.4, 0.5) is 0 Å². The van der Waals surface area contributed by atoms with E-state index < -0.39 is 36.4 Å². The summed E-state index contributed by atoms with van der Waals surface area (Å²) in [5.41, 5.74) is 6.23. The Labute approximate surface area is 220 Å². The predicted molar refractivity (Wildman–Crippen MR) is 141 cm³/mol. The highest BCUT2D eigenvalue weighted by atomic mass is 16.7. The molecule has 2 aliphatic heterocycles. The van der Waals surface area contributed by atoms with Crippen molar-refractivity contribution in [3.8, 4) is 22.3 Å². The van der Waals surface area contributed by atoms with Crippen LogP contribution in [-0.4, -0.2) is 36.4 Å². The molecule has 2 aliphatic rings. The molecular formula is C32H26O6. The SMILES string of the molecule is O=C1O[C@@H]2[C@@H](OC(=O)[C@@H]2OCc2ccc(-c3ccccc3)cc2)[C@H]1OCc1ccc(-c2ccccc2)cc1. The lowest BCUT2D eigenvalue weighted by Crippen LogP contribution is -2.34. The quantitative estimate of drug-likeness (QED) is 0.301. The second kappa shape index (κ2) is 10.6. The number of hydrogen-bond donors (Lipinski definition) is 0. The van der Waals surface area contributed by atoms with Crippen LogP contribution in [0.15, 0.2) is 109 Å². The van der Waals surface area contributed by atoms with Crippen LogP contribution in [0.3, 0.4) is 0 Å². The summed E-state index contributed by atoms with van der Waals surface area (Å²) in [6.07, 6.45) is -3.64. The van der Waals surface area contributed by atoms with Gasteiger partial charge in [-0.25, -0.2) is 9.59 Å². The molecule has 0 bridgehead atoms. The third-order valence-corrected chi connectivity index (χ3v) is 6.87. The minimum atomic E-state index is -0.989. The molecule has 0 aliphatic carbocycles. The first-order valence-corrected chi connectivity index (χ1v) is 12.6. The van der Waals surface area contributed by atoms with Crippen molar-refractivity contribution in [3.05, 3.63) is 120 Å². The molecule has 0 unspecified atom stereocenters. The molecular weight excluding hydrogens is 480 g/mol. The maximum absolute atomic E-state index is 12.6. The van der Waals surface area contributed by atoms with Gasteiger partial charge in [0.25, 0.3) is 0 Å². The Bertz CT molecular complexity index is 1290. The lowest BCUT2D eigenvalue weighted by Gasteiger charge is -2.14. The van der Waals surface area contributed by atoms with Gasteiger partial charge in [-0.2, -0.15) is 0 Å². The Morgan fingerprint density at radius 3 is 1.18 bits per heavy atom. The molecule has 190 valence electrons. The second-order valence-electron chi connectivity index (χ2n) is 9.39. The van der Waals surface area contributed by atoms with E-state index in [-0.39, 0.29) is 13.2 Å². The second-order valence-corrected chi connectivity index (χ2v) is 9.39. The number of rotatable bonds is 8. The van der Waals surface area contributed by atoms with E-state index in [2.05, 4.69) is 0 Å². The zero-order valence-corrected chi connectivity index (χ0v) is 20.6. The van der Waals surface area contributed by atoms with Crippen LogP contribution in [0.1, 0.15) is 11.1 Å². The number of carbonyl (C=O) groups excluding carboxylic acids is 2. The van der Waals surface area contributed by atoms with Gasteiger partial charge in [0.05, 0.1) is 13.2 Å². The maximum atomic E-state index is 12.6. The fraction of sp³-hybridized carbons (Fsp3) is 0.188. The van der Waals surface area contributed by atoms with E-state index in [1.807, 2.05) is 109 Å². The van der Waals surface area contributed by atoms with E-state index in [4.69, 9.17) is 18.9 Å². The molecule has 0 amide bonds. The van der Waals surface area contributed by atoms with Crippen molar-refractivity contribution in [2.24, 2.45) is 0 Å². The van der Waals surface area contributed by atoms with E-state index in [0.29, 0.717) is 0 Å². The molecule has 4 aromatic rings. The number of fused-ring (bicyclic) bond motifs is 1. The summed E-state index contributed by atoms with van der Waals surface area (Å²) in [7, 11) is 0. The zero-order valence-electron chi connectivity index (χ0n) is 20.6. The fourth-order valence-electron chi connectivity index (χ4n) is 4.82. The van der Waals surface area contributed by atoms with E-state index in [0.717, 1.165) is 33.4 Å².